The molecule has 1 amide bonds. The summed E-state index contributed by atoms with van der Waals surface area (Å²) in [5.41, 5.74) is 0.345. The lowest BCUT2D eigenvalue weighted by molar-refractivity contribution is -0.123. The van der Waals surface area contributed by atoms with Gasteiger partial charge in [-0.15, -0.1) is 0 Å². The van der Waals surface area contributed by atoms with Crippen LogP contribution in [0.15, 0.2) is 46.9 Å². The van der Waals surface area contributed by atoms with Crippen molar-refractivity contribution in [2.75, 3.05) is 5.32 Å². The second-order valence-electron chi connectivity index (χ2n) is 4.67. The number of esters is 1. The zero-order chi connectivity index (χ0) is 17.0. The summed E-state index contributed by atoms with van der Waals surface area (Å²) in [5, 5.41) is 2.48. The van der Waals surface area contributed by atoms with Gasteiger partial charge in [-0.1, -0.05) is 0 Å². The van der Waals surface area contributed by atoms with Crippen LogP contribution in [0.2, 0.25) is 0 Å². The minimum atomic E-state index is -1.11. The highest BCUT2D eigenvalue weighted by Gasteiger charge is 2.21. The molecular formula is C16H12BrF2NO3. The molecule has 0 radical (unpaired) electrons. The number of halogens is 3. The molecule has 0 saturated carbocycles. The number of hydrogen-bond donors (Lipinski definition) is 1. The number of nitrogens with one attached hydrogen (secondary N) is 1. The summed E-state index contributed by atoms with van der Waals surface area (Å²) < 4.78 is 31.3. The fraction of sp³-hybridized carbons (Fsp3) is 0.125. The van der Waals surface area contributed by atoms with Crippen molar-refractivity contribution in [3.63, 3.8) is 0 Å². The van der Waals surface area contributed by atoms with Crippen molar-refractivity contribution in [2.24, 2.45) is 0 Å². The van der Waals surface area contributed by atoms with Gasteiger partial charge in [-0.2, -0.15) is 0 Å². The highest BCUT2D eigenvalue weighted by atomic mass is 79.9. The van der Waals surface area contributed by atoms with E-state index < -0.39 is 29.6 Å². The van der Waals surface area contributed by atoms with Crippen molar-refractivity contribution >= 4 is 33.5 Å². The van der Waals surface area contributed by atoms with Gasteiger partial charge in [0.2, 0.25) is 0 Å². The summed E-state index contributed by atoms with van der Waals surface area (Å²) >= 11 is 3.11. The molecule has 2 aromatic carbocycles. The third kappa shape index (κ3) is 4.59. The average Bonchev–Trinajstić information content (AvgIpc) is 2.51. The van der Waals surface area contributed by atoms with E-state index in [1.165, 1.54) is 43.3 Å². The predicted molar refractivity (Wildman–Crippen MR) is 84.0 cm³/mol. The molecule has 120 valence electrons. The molecule has 0 fully saturated rings. The van der Waals surface area contributed by atoms with Gasteiger partial charge < -0.3 is 10.1 Å². The van der Waals surface area contributed by atoms with Crippen molar-refractivity contribution in [2.45, 2.75) is 13.0 Å². The van der Waals surface area contributed by atoms with E-state index in [9.17, 15) is 18.4 Å². The van der Waals surface area contributed by atoms with Crippen LogP contribution in [0.4, 0.5) is 14.5 Å². The number of carbonyl (C=O) groups excluding carboxylic acids is 2. The Kier molecular flexibility index (Phi) is 5.44. The van der Waals surface area contributed by atoms with Crippen LogP contribution in [0.1, 0.15) is 17.3 Å². The molecule has 0 heterocycles. The fourth-order valence-electron chi connectivity index (χ4n) is 1.71. The quantitative estimate of drug-likeness (QED) is 0.814. The van der Waals surface area contributed by atoms with E-state index in [4.69, 9.17) is 4.74 Å². The third-order valence-electron chi connectivity index (χ3n) is 2.91. The second kappa shape index (κ2) is 7.32. The van der Waals surface area contributed by atoms with Gasteiger partial charge in [-0.3, -0.25) is 4.79 Å². The number of anilines is 1. The van der Waals surface area contributed by atoms with E-state index in [0.717, 1.165) is 6.07 Å². The van der Waals surface area contributed by atoms with Gasteiger partial charge in [0, 0.05) is 10.2 Å². The molecular weight excluding hydrogens is 372 g/mol. The smallest absolute Gasteiger partial charge is 0.340 e. The summed E-state index contributed by atoms with van der Waals surface area (Å²) in [5.74, 6) is -2.45. The Hall–Kier alpha value is -2.28. The number of ether oxygens (including phenoxy) is 1. The maximum atomic E-state index is 13.2. The Morgan fingerprint density at radius 1 is 1.09 bits per heavy atom. The lowest BCUT2D eigenvalue weighted by Crippen LogP contribution is -2.30. The van der Waals surface area contributed by atoms with E-state index in [1.54, 1.807) is 0 Å². The Morgan fingerprint density at radius 3 is 2.35 bits per heavy atom. The van der Waals surface area contributed by atoms with Crippen LogP contribution in [0.3, 0.4) is 0 Å². The number of amides is 1. The van der Waals surface area contributed by atoms with Crippen LogP contribution in [-0.4, -0.2) is 18.0 Å². The van der Waals surface area contributed by atoms with Gasteiger partial charge in [0.15, 0.2) is 6.10 Å². The minimum absolute atomic E-state index is 0.0218. The highest BCUT2D eigenvalue weighted by Crippen LogP contribution is 2.19. The first-order chi connectivity index (χ1) is 10.9. The molecule has 7 heteroatoms. The van der Waals surface area contributed by atoms with Crippen molar-refractivity contribution < 1.29 is 23.1 Å². The molecule has 0 aliphatic rings. The topological polar surface area (TPSA) is 55.4 Å². The Balaban J connectivity index is 2.01. The van der Waals surface area contributed by atoms with Crippen LogP contribution in [-0.2, 0) is 9.53 Å². The van der Waals surface area contributed by atoms with Crippen LogP contribution < -0.4 is 5.32 Å². The monoisotopic (exact) mass is 383 g/mol. The normalized spacial score (nSPS) is 11.7. The lowest BCUT2D eigenvalue weighted by atomic mass is 10.2. The lowest BCUT2D eigenvalue weighted by Gasteiger charge is -2.14. The first kappa shape index (κ1) is 17.1. The highest BCUT2D eigenvalue weighted by molar-refractivity contribution is 9.10. The molecule has 2 aromatic rings. The Bertz CT molecular complexity index is 735. The van der Waals surface area contributed by atoms with E-state index in [1.807, 2.05) is 0 Å². The zero-order valence-corrected chi connectivity index (χ0v) is 13.6. The van der Waals surface area contributed by atoms with Gasteiger partial charge in [0.05, 0.1) is 5.56 Å². The van der Waals surface area contributed by atoms with Crippen LogP contribution >= 0.6 is 15.9 Å². The summed E-state index contributed by atoms with van der Waals surface area (Å²) in [6, 6.07) is 8.71. The largest absolute Gasteiger partial charge is 0.449 e. The molecule has 0 saturated heterocycles. The van der Waals surface area contributed by atoms with Crippen molar-refractivity contribution in [3.8, 4) is 0 Å². The molecule has 23 heavy (non-hydrogen) atoms. The minimum Gasteiger partial charge on any atom is -0.449 e. The second-order valence-corrected chi connectivity index (χ2v) is 5.52. The maximum Gasteiger partial charge on any atom is 0.340 e. The van der Waals surface area contributed by atoms with Crippen LogP contribution in [0.25, 0.3) is 0 Å². The van der Waals surface area contributed by atoms with Gasteiger partial charge in [0.1, 0.15) is 11.6 Å². The van der Waals surface area contributed by atoms with Gasteiger partial charge in [-0.25, -0.2) is 13.6 Å². The molecule has 1 atom stereocenters. The van der Waals surface area contributed by atoms with E-state index >= 15 is 0 Å². The van der Waals surface area contributed by atoms with Crippen LogP contribution in [0.5, 0.6) is 0 Å². The predicted octanol–water partition coefficient (Wildman–Crippen LogP) is 3.91. The molecule has 0 aliphatic carbocycles. The standard InChI is InChI=1S/C16H12BrF2NO3/c1-9(15(21)20-12-5-2-10(18)3-6-12)23-16(22)13-8-11(19)4-7-14(13)17/h2-9H,1H3,(H,20,21)/t9-/m1/s1. The molecule has 0 spiro atoms. The Morgan fingerprint density at radius 2 is 1.70 bits per heavy atom. The number of rotatable bonds is 4. The van der Waals surface area contributed by atoms with Crippen molar-refractivity contribution in [1.82, 2.24) is 0 Å². The molecule has 0 aliphatic heterocycles. The Labute approximate surface area is 139 Å². The summed E-state index contributed by atoms with van der Waals surface area (Å²) in [6.45, 7) is 1.38. The van der Waals surface area contributed by atoms with E-state index in [-0.39, 0.29) is 5.56 Å². The first-order valence-corrected chi connectivity index (χ1v) is 7.38. The maximum absolute atomic E-state index is 13.2. The van der Waals surface area contributed by atoms with Gasteiger partial charge in [0.25, 0.3) is 5.91 Å². The first-order valence-electron chi connectivity index (χ1n) is 6.59. The number of carbonyl (C=O) groups is 2. The van der Waals surface area contributed by atoms with E-state index in [2.05, 4.69) is 21.2 Å². The SMILES string of the molecule is C[C@@H](OC(=O)c1cc(F)ccc1Br)C(=O)Nc1ccc(F)cc1. The molecule has 0 unspecified atom stereocenters. The summed E-state index contributed by atoms with van der Waals surface area (Å²) in [6.07, 6.45) is -1.11. The molecule has 0 aromatic heterocycles. The van der Waals surface area contributed by atoms with Crippen molar-refractivity contribution in [3.05, 3.63) is 64.1 Å². The molecule has 4 nitrogen and oxygen atoms in total. The zero-order valence-electron chi connectivity index (χ0n) is 12.0. The van der Waals surface area contributed by atoms with Crippen LogP contribution in [0, 0.1) is 11.6 Å². The van der Waals surface area contributed by atoms with Gasteiger partial charge >= 0.3 is 5.97 Å². The third-order valence-corrected chi connectivity index (χ3v) is 3.60. The van der Waals surface area contributed by atoms with Crippen molar-refractivity contribution in [1.29, 1.82) is 0 Å². The molecule has 2 rings (SSSR count). The number of benzene rings is 2. The van der Waals surface area contributed by atoms with Gasteiger partial charge in [-0.05, 0) is 65.3 Å². The summed E-state index contributed by atoms with van der Waals surface area (Å²) in [7, 11) is 0. The molecule has 0 bridgehead atoms. The summed E-state index contributed by atoms with van der Waals surface area (Å²) in [4.78, 5) is 23.9. The average molecular weight is 384 g/mol. The fourth-order valence-corrected chi connectivity index (χ4v) is 2.12. The number of hydrogen-bond acceptors (Lipinski definition) is 3. The molecule has 1 N–H and O–H groups in total. The van der Waals surface area contributed by atoms with E-state index in [0.29, 0.717) is 10.2 Å².